The van der Waals surface area contributed by atoms with Gasteiger partial charge in [0.05, 0.1) is 0 Å². The summed E-state index contributed by atoms with van der Waals surface area (Å²) in [7, 11) is 0. The van der Waals surface area contributed by atoms with Crippen LogP contribution >= 0.6 is 0 Å². The van der Waals surface area contributed by atoms with Crippen LogP contribution in [0.3, 0.4) is 0 Å². The zero-order valence-electron chi connectivity index (χ0n) is 7.70. The van der Waals surface area contributed by atoms with E-state index in [4.69, 9.17) is 0 Å². The van der Waals surface area contributed by atoms with E-state index in [2.05, 4.69) is 27.7 Å². The molecule has 10 heavy (non-hydrogen) atoms. The van der Waals surface area contributed by atoms with Gasteiger partial charge in [-0.3, -0.25) is 0 Å². The summed E-state index contributed by atoms with van der Waals surface area (Å²) in [6.07, 6.45) is 4.16. The molecule has 1 fully saturated rings. The maximum atomic E-state index is 2.37. The van der Waals surface area contributed by atoms with Gasteiger partial charge in [-0.25, -0.2) is 0 Å². The maximum absolute atomic E-state index is 2.37. The SMILES string of the molecule is C[C]1CCC(C)CC1(C)C. The summed E-state index contributed by atoms with van der Waals surface area (Å²) >= 11 is 0. The highest BCUT2D eigenvalue weighted by atomic mass is 14.4. The van der Waals surface area contributed by atoms with Crippen LogP contribution in [0.5, 0.6) is 0 Å². The fourth-order valence-electron chi connectivity index (χ4n) is 1.95. The Labute approximate surface area is 65.0 Å². The Morgan fingerprint density at radius 1 is 1.40 bits per heavy atom. The lowest BCUT2D eigenvalue weighted by Crippen LogP contribution is -2.27. The van der Waals surface area contributed by atoms with Gasteiger partial charge in [0.15, 0.2) is 0 Å². The van der Waals surface area contributed by atoms with Crippen LogP contribution in [-0.2, 0) is 0 Å². The summed E-state index contributed by atoms with van der Waals surface area (Å²) in [6, 6.07) is 0. The van der Waals surface area contributed by atoms with Gasteiger partial charge in [0.1, 0.15) is 0 Å². The minimum absolute atomic E-state index is 0.525. The van der Waals surface area contributed by atoms with Crippen LogP contribution < -0.4 is 0 Å². The highest BCUT2D eigenvalue weighted by Crippen LogP contribution is 2.43. The molecule has 1 radical (unpaired) electrons. The first-order valence-corrected chi connectivity index (χ1v) is 4.35. The maximum Gasteiger partial charge on any atom is -0.0215 e. The lowest BCUT2D eigenvalue weighted by Gasteiger charge is -2.39. The zero-order chi connectivity index (χ0) is 7.78. The Morgan fingerprint density at radius 3 is 2.40 bits per heavy atom. The van der Waals surface area contributed by atoms with E-state index in [-0.39, 0.29) is 0 Å². The van der Waals surface area contributed by atoms with Gasteiger partial charge in [0, 0.05) is 0 Å². The molecule has 0 saturated heterocycles. The van der Waals surface area contributed by atoms with E-state index in [0.29, 0.717) is 5.41 Å². The number of rotatable bonds is 0. The van der Waals surface area contributed by atoms with Crippen LogP contribution in [0, 0.1) is 17.3 Å². The molecular weight excluding hydrogens is 120 g/mol. The van der Waals surface area contributed by atoms with Gasteiger partial charge in [0.25, 0.3) is 0 Å². The highest BCUT2D eigenvalue weighted by molar-refractivity contribution is 5.02. The molecule has 0 spiro atoms. The second-order valence-electron chi connectivity index (χ2n) is 4.51. The van der Waals surface area contributed by atoms with Crippen molar-refractivity contribution in [2.24, 2.45) is 11.3 Å². The monoisotopic (exact) mass is 139 g/mol. The topological polar surface area (TPSA) is 0 Å². The summed E-state index contributed by atoms with van der Waals surface area (Å²) in [4.78, 5) is 0. The first-order chi connectivity index (χ1) is 4.52. The van der Waals surface area contributed by atoms with Crippen LogP contribution in [0.25, 0.3) is 0 Å². The minimum Gasteiger partial charge on any atom is -0.0625 e. The molecule has 0 heteroatoms. The lowest BCUT2D eigenvalue weighted by molar-refractivity contribution is 0.224. The number of hydrogen-bond acceptors (Lipinski definition) is 0. The predicted molar refractivity (Wildman–Crippen MR) is 45.7 cm³/mol. The molecule has 1 rings (SSSR count). The van der Waals surface area contributed by atoms with Crippen LogP contribution in [-0.4, -0.2) is 0 Å². The van der Waals surface area contributed by atoms with Crippen LogP contribution in [0.15, 0.2) is 0 Å². The summed E-state index contributed by atoms with van der Waals surface area (Å²) in [5.74, 6) is 2.64. The molecule has 1 saturated carbocycles. The third kappa shape index (κ3) is 1.53. The van der Waals surface area contributed by atoms with E-state index in [1.165, 1.54) is 19.3 Å². The van der Waals surface area contributed by atoms with E-state index in [1.807, 2.05) is 0 Å². The van der Waals surface area contributed by atoms with E-state index in [1.54, 1.807) is 5.92 Å². The fourth-order valence-corrected chi connectivity index (χ4v) is 1.95. The third-order valence-electron chi connectivity index (χ3n) is 3.03. The van der Waals surface area contributed by atoms with Crippen molar-refractivity contribution >= 4 is 0 Å². The van der Waals surface area contributed by atoms with Crippen molar-refractivity contribution in [3.63, 3.8) is 0 Å². The quantitative estimate of drug-likeness (QED) is 0.482. The molecule has 0 aromatic heterocycles. The van der Waals surface area contributed by atoms with Crippen molar-refractivity contribution in [2.75, 3.05) is 0 Å². The third-order valence-corrected chi connectivity index (χ3v) is 3.03. The molecular formula is C10H19. The van der Waals surface area contributed by atoms with Gasteiger partial charge in [-0.2, -0.15) is 0 Å². The Balaban J connectivity index is 2.55. The average molecular weight is 139 g/mol. The van der Waals surface area contributed by atoms with Crippen molar-refractivity contribution in [1.29, 1.82) is 0 Å². The lowest BCUT2D eigenvalue weighted by atomic mass is 9.66. The van der Waals surface area contributed by atoms with Crippen LogP contribution in [0.2, 0.25) is 0 Å². The van der Waals surface area contributed by atoms with E-state index >= 15 is 0 Å². The Kier molecular flexibility index (Phi) is 2.07. The van der Waals surface area contributed by atoms with Gasteiger partial charge in [-0.05, 0) is 30.1 Å². The number of hydrogen-bond donors (Lipinski definition) is 0. The van der Waals surface area contributed by atoms with E-state index in [9.17, 15) is 0 Å². The van der Waals surface area contributed by atoms with Crippen molar-refractivity contribution < 1.29 is 0 Å². The molecule has 1 aliphatic rings. The van der Waals surface area contributed by atoms with Crippen molar-refractivity contribution in [1.82, 2.24) is 0 Å². The predicted octanol–water partition coefficient (Wildman–Crippen LogP) is 3.43. The standard InChI is InChI=1S/C10H19/c1-8-5-6-9(2)10(3,4)7-8/h8H,5-7H2,1-4H3. The largest absolute Gasteiger partial charge is 0.0625 e. The summed E-state index contributed by atoms with van der Waals surface area (Å²) in [6.45, 7) is 9.43. The van der Waals surface area contributed by atoms with E-state index in [0.717, 1.165) is 5.92 Å². The van der Waals surface area contributed by atoms with Gasteiger partial charge in [0.2, 0.25) is 0 Å². The van der Waals surface area contributed by atoms with Gasteiger partial charge in [-0.15, -0.1) is 0 Å². The molecule has 59 valence electrons. The second-order valence-corrected chi connectivity index (χ2v) is 4.51. The molecule has 0 bridgehead atoms. The molecule has 1 atom stereocenters. The summed E-state index contributed by atoms with van der Waals surface area (Å²) in [5.41, 5.74) is 0.525. The molecule has 0 nitrogen and oxygen atoms in total. The molecule has 0 aliphatic heterocycles. The molecule has 0 heterocycles. The molecule has 0 aromatic rings. The molecule has 0 aromatic carbocycles. The smallest absolute Gasteiger partial charge is 0.0215 e. The highest BCUT2D eigenvalue weighted by Gasteiger charge is 2.32. The summed E-state index contributed by atoms with van der Waals surface area (Å²) in [5, 5.41) is 0. The van der Waals surface area contributed by atoms with Crippen molar-refractivity contribution in [2.45, 2.75) is 47.0 Å². The van der Waals surface area contributed by atoms with Gasteiger partial charge < -0.3 is 0 Å². The first kappa shape index (κ1) is 8.10. The summed E-state index contributed by atoms with van der Waals surface area (Å²) < 4.78 is 0. The van der Waals surface area contributed by atoms with Crippen LogP contribution in [0.1, 0.15) is 47.0 Å². The van der Waals surface area contributed by atoms with Crippen molar-refractivity contribution in [3.8, 4) is 0 Å². The zero-order valence-corrected chi connectivity index (χ0v) is 7.70. The van der Waals surface area contributed by atoms with Crippen LogP contribution in [0.4, 0.5) is 0 Å². The second kappa shape index (κ2) is 2.56. The van der Waals surface area contributed by atoms with E-state index < -0.39 is 0 Å². The molecule has 0 N–H and O–H groups in total. The van der Waals surface area contributed by atoms with Crippen molar-refractivity contribution in [3.05, 3.63) is 5.92 Å². The molecule has 0 amide bonds. The van der Waals surface area contributed by atoms with Gasteiger partial charge >= 0.3 is 0 Å². The Morgan fingerprint density at radius 2 is 2.00 bits per heavy atom. The molecule has 1 aliphatic carbocycles. The van der Waals surface area contributed by atoms with Gasteiger partial charge in [-0.1, -0.05) is 34.1 Å². The minimum atomic E-state index is 0.525. The average Bonchev–Trinajstić information content (AvgIpc) is 1.78. The normalized spacial score (nSPS) is 34.2. The Bertz CT molecular complexity index is 113. The Hall–Kier alpha value is 0. The first-order valence-electron chi connectivity index (χ1n) is 4.35. The molecule has 1 unspecified atom stereocenters. The fraction of sp³-hybridized carbons (Fsp3) is 0.900.